The molecular weight excluding hydrogens is 314 g/mol. The van der Waals surface area contributed by atoms with Crippen LogP contribution in [0.4, 0.5) is 0 Å². The van der Waals surface area contributed by atoms with E-state index in [9.17, 15) is 4.79 Å². The Labute approximate surface area is 150 Å². The highest BCUT2D eigenvalue weighted by atomic mass is 16.5. The molecule has 5 heteroatoms. The van der Waals surface area contributed by atoms with Gasteiger partial charge >= 0.3 is 0 Å². The number of rotatable bonds is 6. The molecular formula is C20H31N3O2. The monoisotopic (exact) mass is 345 g/mol. The SMILES string of the molecule is NC(C(=O)NCC1CCCCN1Cc1ccccc1)C1CCOCC1. The van der Waals surface area contributed by atoms with Crippen LogP contribution in [0.2, 0.25) is 0 Å². The largest absolute Gasteiger partial charge is 0.381 e. The van der Waals surface area contributed by atoms with Crippen molar-refractivity contribution in [2.24, 2.45) is 11.7 Å². The molecule has 1 amide bonds. The van der Waals surface area contributed by atoms with E-state index in [4.69, 9.17) is 10.5 Å². The van der Waals surface area contributed by atoms with Crippen molar-refractivity contribution in [1.82, 2.24) is 10.2 Å². The molecule has 2 aliphatic heterocycles. The number of ether oxygens (including phenoxy) is 1. The van der Waals surface area contributed by atoms with Crippen LogP contribution < -0.4 is 11.1 Å². The fraction of sp³-hybridized carbons (Fsp3) is 0.650. The van der Waals surface area contributed by atoms with Crippen molar-refractivity contribution >= 4 is 5.91 Å². The Bertz CT molecular complexity index is 531. The molecule has 0 saturated carbocycles. The number of carbonyl (C=O) groups excluding carboxylic acids is 1. The highest BCUT2D eigenvalue weighted by Gasteiger charge is 2.28. The predicted molar refractivity (Wildman–Crippen MR) is 99.0 cm³/mol. The fourth-order valence-corrected chi connectivity index (χ4v) is 3.94. The molecule has 138 valence electrons. The van der Waals surface area contributed by atoms with Crippen molar-refractivity contribution in [3.8, 4) is 0 Å². The first kappa shape index (κ1) is 18.4. The van der Waals surface area contributed by atoms with Crippen LogP contribution in [0.25, 0.3) is 0 Å². The number of benzene rings is 1. The molecule has 0 aromatic heterocycles. The number of carbonyl (C=O) groups is 1. The summed E-state index contributed by atoms with van der Waals surface area (Å²) in [6.07, 6.45) is 5.38. The van der Waals surface area contributed by atoms with Crippen LogP contribution in [0.15, 0.2) is 30.3 Å². The lowest BCUT2D eigenvalue weighted by atomic mass is 9.91. The van der Waals surface area contributed by atoms with Gasteiger partial charge in [0.1, 0.15) is 0 Å². The Morgan fingerprint density at radius 3 is 2.72 bits per heavy atom. The van der Waals surface area contributed by atoms with Gasteiger partial charge in [0.25, 0.3) is 0 Å². The normalized spacial score (nSPS) is 24.0. The number of nitrogens with one attached hydrogen (secondary N) is 1. The van der Waals surface area contributed by atoms with E-state index in [1.54, 1.807) is 0 Å². The van der Waals surface area contributed by atoms with Crippen molar-refractivity contribution in [3.05, 3.63) is 35.9 Å². The van der Waals surface area contributed by atoms with Gasteiger partial charge in [-0.3, -0.25) is 9.69 Å². The number of piperidine rings is 1. The predicted octanol–water partition coefficient (Wildman–Crippen LogP) is 1.91. The van der Waals surface area contributed by atoms with Crippen molar-refractivity contribution in [3.63, 3.8) is 0 Å². The summed E-state index contributed by atoms with van der Waals surface area (Å²) in [5.41, 5.74) is 7.52. The second-order valence-corrected chi connectivity index (χ2v) is 7.33. The first-order valence-electron chi connectivity index (χ1n) is 9.63. The zero-order chi connectivity index (χ0) is 17.5. The Balaban J connectivity index is 1.50. The van der Waals surface area contributed by atoms with Gasteiger partial charge in [0.05, 0.1) is 6.04 Å². The van der Waals surface area contributed by atoms with Crippen LogP contribution in [0.5, 0.6) is 0 Å². The number of amides is 1. The number of nitrogens with two attached hydrogens (primary N) is 1. The molecule has 3 N–H and O–H groups in total. The van der Waals surface area contributed by atoms with Gasteiger partial charge in [0.2, 0.25) is 5.91 Å². The molecule has 0 radical (unpaired) electrons. The average Bonchev–Trinajstić information content (AvgIpc) is 2.68. The van der Waals surface area contributed by atoms with Crippen molar-refractivity contribution in [2.75, 3.05) is 26.3 Å². The lowest BCUT2D eigenvalue weighted by Gasteiger charge is -2.36. The van der Waals surface area contributed by atoms with Crippen LogP contribution in [-0.2, 0) is 16.1 Å². The first-order valence-corrected chi connectivity index (χ1v) is 9.63. The highest BCUT2D eigenvalue weighted by molar-refractivity contribution is 5.81. The second kappa shape index (κ2) is 9.32. The standard InChI is InChI=1S/C20H31N3O2/c21-19(17-9-12-25-13-10-17)20(24)22-14-18-8-4-5-11-23(18)15-16-6-2-1-3-7-16/h1-3,6-7,17-19H,4-5,8-15,21H2,(H,22,24). The molecule has 2 heterocycles. The van der Waals surface area contributed by atoms with E-state index >= 15 is 0 Å². The summed E-state index contributed by atoms with van der Waals surface area (Å²) in [7, 11) is 0. The van der Waals surface area contributed by atoms with Gasteiger partial charge in [-0.2, -0.15) is 0 Å². The van der Waals surface area contributed by atoms with E-state index in [0.29, 0.717) is 12.6 Å². The summed E-state index contributed by atoms with van der Waals surface area (Å²) in [4.78, 5) is 15.0. The van der Waals surface area contributed by atoms with Crippen LogP contribution in [0, 0.1) is 5.92 Å². The summed E-state index contributed by atoms with van der Waals surface area (Å²) < 4.78 is 5.36. The molecule has 2 saturated heterocycles. The number of nitrogens with zero attached hydrogens (tertiary/aromatic N) is 1. The zero-order valence-corrected chi connectivity index (χ0v) is 15.0. The molecule has 0 spiro atoms. The Hall–Kier alpha value is -1.43. The fourth-order valence-electron chi connectivity index (χ4n) is 3.94. The molecule has 1 aromatic carbocycles. The van der Waals surface area contributed by atoms with E-state index in [1.807, 2.05) is 0 Å². The lowest BCUT2D eigenvalue weighted by Crippen LogP contribution is -2.51. The number of hydrogen-bond acceptors (Lipinski definition) is 4. The summed E-state index contributed by atoms with van der Waals surface area (Å²) in [5, 5.41) is 3.12. The van der Waals surface area contributed by atoms with E-state index in [-0.39, 0.29) is 11.8 Å². The molecule has 0 bridgehead atoms. The van der Waals surface area contributed by atoms with Gasteiger partial charge in [-0.05, 0) is 43.7 Å². The lowest BCUT2D eigenvalue weighted by molar-refractivity contribution is -0.124. The molecule has 0 aliphatic carbocycles. The third-order valence-corrected chi connectivity index (χ3v) is 5.57. The third kappa shape index (κ3) is 5.27. The van der Waals surface area contributed by atoms with Gasteiger partial charge in [-0.1, -0.05) is 36.8 Å². The summed E-state index contributed by atoms with van der Waals surface area (Å²) in [5.74, 6) is 0.248. The Morgan fingerprint density at radius 1 is 1.20 bits per heavy atom. The van der Waals surface area contributed by atoms with Crippen LogP contribution in [0.1, 0.15) is 37.7 Å². The smallest absolute Gasteiger partial charge is 0.237 e. The van der Waals surface area contributed by atoms with Gasteiger partial charge in [-0.25, -0.2) is 0 Å². The van der Waals surface area contributed by atoms with Crippen LogP contribution in [-0.4, -0.2) is 49.2 Å². The summed E-state index contributed by atoms with van der Waals surface area (Å²) in [6, 6.07) is 10.6. The molecule has 2 atom stereocenters. The maximum atomic E-state index is 12.5. The number of likely N-dealkylation sites (tertiary alicyclic amines) is 1. The van der Waals surface area contributed by atoms with Gasteiger partial charge in [-0.15, -0.1) is 0 Å². The Morgan fingerprint density at radius 2 is 1.96 bits per heavy atom. The molecule has 2 unspecified atom stereocenters. The highest BCUT2D eigenvalue weighted by Crippen LogP contribution is 2.20. The molecule has 2 aliphatic rings. The molecule has 2 fully saturated rings. The maximum Gasteiger partial charge on any atom is 0.237 e. The first-order chi connectivity index (χ1) is 12.2. The minimum Gasteiger partial charge on any atom is -0.381 e. The van der Waals surface area contributed by atoms with Crippen molar-refractivity contribution in [2.45, 2.75) is 50.7 Å². The minimum atomic E-state index is -0.407. The van der Waals surface area contributed by atoms with Crippen molar-refractivity contribution < 1.29 is 9.53 Å². The topological polar surface area (TPSA) is 67.6 Å². The summed E-state index contributed by atoms with van der Waals surface area (Å²) >= 11 is 0. The molecule has 1 aromatic rings. The molecule has 3 rings (SSSR count). The van der Waals surface area contributed by atoms with Gasteiger partial charge in [0.15, 0.2) is 0 Å². The van der Waals surface area contributed by atoms with Crippen molar-refractivity contribution in [1.29, 1.82) is 0 Å². The van der Waals surface area contributed by atoms with E-state index in [2.05, 4.69) is 40.5 Å². The third-order valence-electron chi connectivity index (χ3n) is 5.57. The molecule has 5 nitrogen and oxygen atoms in total. The van der Waals surface area contributed by atoms with Crippen LogP contribution in [0.3, 0.4) is 0 Å². The zero-order valence-electron chi connectivity index (χ0n) is 15.0. The summed E-state index contributed by atoms with van der Waals surface area (Å²) in [6.45, 7) is 4.19. The van der Waals surface area contributed by atoms with E-state index in [0.717, 1.165) is 45.6 Å². The van der Waals surface area contributed by atoms with E-state index in [1.165, 1.54) is 18.4 Å². The molecule has 25 heavy (non-hydrogen) atoms. The maximum absolute atomic E-state index is 12.5. The van der Waals surface area contributed by atoms with Gasteiger partial charge < -0.3 is 15.8 Å². The van der Waals surface area contributed by atoms with Gasteiger partial charge in [0, 0.05) is 32.3 Å². The quantitative estimate of drug-likeness (QED) is 0.826. The Kier molecular flexibility index (Phi) is 6.84. The number of hydrogen-bond donors (Lipinski definition) is 2. The van der Waals surface area contributed by atoms with Crippen LogP contribution >= 0.6 is 0 Å². The second-order valence-electron chi connectivity index (χ2n) is 7.33. The average molecular weight is 345 g/mol. The van der Waals surface area contributed by atoms with E-state index < -0.39 is 6.04 Å². The minimum absolute atomic E-state index is 0.00265.